The molecule has 2 aromatic heterocycles. The zero-order chi connectivity index (χ0) is 11.4. The van der Waals surface area contributed by atoms with Crippen molar-refractivity contribution in [3.05, 3.63) is 59.7 Å². The fourth-order valence-corrected chi connectivity index (χ4v) is 1.56. The Morgan fingerprint density at radius 2 is 2.12 bits per heavy atom. The van der Waals surface area contributed by atoms with Crippen LogP contribution in [0.25, 0.3) is 0 Å². The number of aromatic nitrogens is 2. The van der Waals surface area contributed by atoms with E-state index in [1.807, 2.05) is 31.3 Å². The second-order valence-corrected chi connectivity index (χ2v) is 3.92. The SMILES string of the molecule is Cc1ccc(CC(N)c2cccnc2)nc1. The van der Waals surface area contributed by atoms with Crippen LogP contribution < -0.4 is 5.73 Å². The lowest BCUT2D eigenvalue weighted by Crippen LogP contribution is -2.14. The Morgan fingerprint density at radius 1 is 1.25 bits per heavy atom. The molecule has 0 amide bonds. The molecule has 2 N–H and O–H groups in total. The summed E-state index contributed by atoms with van der Waals surface area (Å²) >= 11 is 0. The molecule has 0 aliphatic rings. The summed E-state index contributed by atoms with van der Waals surface area (Å²) < 4.78 is 0. The minimum atomic E-state index is -0.0380. The Labute approximate surface area is 95.4 Å². The number of hydrogen-bond acceptors (Lipinski definition) is 3. The second kappa shape index (κ2) is 4.86. The third-order valence-corrected chi connectivity index (χ3v) is 2.51. The van der Waals surface area contributed by atoms with E-state index in [-0.39, 0.29) is 6.04 Å². The van der Waals surface area contributed by atoms with E-state index >= 15 is 0 Å². The molecule has 0 saturated heterocycles. The van der Waals surface area contributed by atoms with E-state index in [4.69, 9.17) is 5.73 Å². The molecule has 0 spiro atoms. The monoisotopic (exact) mass is 213 g/mol. The molecule has 1 unspecified atom stereocenters. The summed E-state index contributed by atoms with van der Waals surface area (Å²) in [4.78, 5) is 8.40. The first kappa shape index (κ1) is 10.8. The number of nitrogens with two attached hydrogens (primary N) is 1. The molecule has 2 aromatic rings. The van der Waals surface area contributed by atoms with Gasteiger partial charge in [0.2, 0.25) is 0 Å². The highest BCUT2D eigenvalue weighted by Gasteiger charge is 2.07. The zero-order valence-electron chi connectivity index (χ0n) is 9.30. The summed E-state index contributed by atoms with van der Waals surface area (Å²) in [7, 11) is 0. The van der Waals surface area contributed by atoms with Gasteiger partial charge in [0.1, 0.15) is 0 Å². The molecule has 0 aliphatic heterocycles. The Morgan fingerprint density at radius 3 is 2.75 bits per heavy atom. The Kier molecular flexibility index (Phi) is 3.27. The van der Waals surface area contributed by atoms with Crippen LogP contribution in [-0.4, -0.2) is 9.97 Å². The van der Waals surface area contributed by atoms with Gasteiger partial charge in [-0.3, -0.25) is 9.97 Å². The second-order valence-electron chi connectivity index (χ2n) is 3.92. The molecular weight excluding hydrogens is 198 g/mol. The van der Waals surface area contributed by atoms with Crippen molar-refractivity contribution < 1.29 is 0 Å². The van der Waals surface area contributed by atoms with Crippen LogP contribution in [0.1, 0.15) is 22.9 Å². The normalized spacial score (nSPS) is 12.4. The minimum Gasteiger partial charge on any atom is -0.324 e. The van der Waals surface area contributed by atoms with Crippen LogP contribution in [0.15, 0.2) is 42.9 Å². The molecule has 2 heterocycles. The zero-order valence-corrected chi connectivity index (χ0v) is 9.30. The standard InChI is InChI=1S/C13H15N3/c1-10-4-5-12(16-8-10)7-13(14)11-3-2-6-15-9-11/h2-6,8-9,13H,7,14H2,1H3. The van der Waals surface area contributed by atoms with Crippen LogP contribution in [0, 0.1) is 6.92 Å². The lowest BCUT2D eigenvalue weighted by molar-refractivity contribution is 0.703. The van der Waals surface area contributed by atoms with Gasteiger partial charge in [0, 0.05) is 36.7 Å². The molecule has 16 heavy (non-hydrogen) atoms. The first-order chi connectivity index (χ1) is 7.75. The first-order valence-electron chi connectivity index (χ1n) is 5.33. The van der Waals surface area contributed by atoms with Crippen LogP contribution in [0.2, 0.25) is 0 Å². The number of hydrogen-bond donors (Lipinski definition) is 1. The molecule has 3 heteroatoms. The average Bonchev–Trinajstić information content (AvgIpc) is 2.33. The quantitative estimate of drug-likeness (QED) is 0.848. The van der Waals surface area contributed by atoms with Crippen LogP contribution in [-0.2, 0) is 6.42 Å². The van der Waals surface area contributed by atoms with E-state index in [1.165, 1.54) is 5.56 Å². The number of nitrogens with zero attached hydrogens (tertiary/aromatic N) is 2. The van der Waals surface area contributed by atoms with Gasteiger partial charge in [0.05, 0.1) is 0 Å². The predicted octanol–water partition coefficient (Wildman–Crippen LogP) is 2.03. The van der Waals surface area contributed by atoms with Crippen LogP contribution in [0.4, 0.5) is 0 Å². The number of aryl methyl sites for hydroxylation is 1. The average molecular weight is 213 g/mol. The molecule has 0 aliphatic carbocycles. The molecule has 0 bridgehead atoms. The lowest BCUT2D eigenvalue weighted by atomic mass is 10.0. The molecule has 0 saturated carbocycles. The molecule has 82 valence electrons. The molecule has 0 fully saturated rings. The Bertz CT molecular complexity index is 436. The van der Waals surface area contributed by atoms with Gasteiger partial charge in [0.15, 0.2) is 0 Å². The minimum absolute atomic E-state index is 0.0380. The largest absolute Gasteiger partial charge is 0.324 e. The molecular formula is C13H15N3. The fraction of sp³-hybridized carbons (Fsp3) is 0.231. The smallest absolute Gasteiger partial charge is 0.0422 e. The number of rotatable bonds is 3. The Balaban J connectivity index is 2.08. The molecule has 3 nitrogen and oxygen atoms in total. The summed E-state index contributed by atoms with van der Waals surface area (Å²) in [5.41, 5.74) is 9.31. The van der Waals surface area contributed by atoms with Crippen molar-refractivity contribution in [3.63, 3.8) is 0 Å². The van der Waals surface area contributed by atoms with E-state index in [2.05, 4.69) is 16.0 Å². The topological polar surface area (TPSA) is 51.8 Å². The third-order valence-electron chi connectivity index (χ3n) is 2.51. The summed E-state index contributed by atoms with van der Waals surface area (Å²) in [6.45, 7) is 2.03. The molecule has 2 rings (SSSR count). The van der Waals surface area contributed by atoms with Crippen LogP contribution in [0.5, 0.6) is 0 Å². The maximum atomic E-state index is 6.09. The molecule has 1 atom stereocenters. The highest BCUT2D eigenvalue weighted by atomic mass is 14.7. The van der Waals surface area contributed by atoms with Gasteiger partial charge >= 0.3 is 0 Å². The Hall–Kier alpha value is -1.74. The van der Waals surface area contributed by atoms with E-state index in [0.717, 1.165) is 17.7 Å². The van der Waals surface area contributed by atoms with E-state index in [1.54, 1.807) is 12.4 Å². The van der Waals surface area contributed by atoms with Crippen molar-refractivity contribution in [1.82, 2.24) is 9.97 Å². The van der Waals surface area contributed by atoms with Gasteiger partial charge in [-0.15, -0.1) is 0 Å². The summed E-state index contributed by atoms with van der Waals surface area (Å²) in [6, 6.07) is 7.93. The van der Waals surface area contributed by atoms with Crippen molar-refractivity contribution in [3.8, 4) is 0 Å². The van der Waals surface area contributed by atoms with Gasteiger partial charge in [-0.1, -0.05) is 12.1 Å². The van der Waals surface area contributed by atoms with Gasteiger partial charge in [-0.2, -0.15) is 0 Å². The van der Waals surface area contributed by atoms with Gasteiger partial charge in [-0.25, -0.2) is 0 Å². The molecule has 0 aromatic carbocycles. The van der Waals surface area contributed by atoms with Gasteiger partial charge < -0.3 is 5.73 Å². The predicted molar refractivity (Wildman–Crippen MR) is 63.8 cm³/mol. The third kappa shape index (κ3) is 2.64. The van der Waals surface area contributed by atoms with E-state index in [9.17, 15) is 0 Å². The lowest BCUT2D eigenvalue weighted by Gasteiger charge is -2.10. The first-order valence-corrected chi connectivity index (χ1v) is 5.33. The summed E-state index contributed by atoms with van der Waals surface area (Å²) in [5.74, 6) is 0. The van der Waals surface area contributed by atoms with Crippen molar-refractivity contribution in [1.29, 1.82) is 0 Å². The van der Waals surface area contributed by atoms with E-state index < -0.39 is 0 Å². The summed E-state index contributed by atoms with van der Waals surface area (Å²) in [6.07, 6.45) is 6.16. The van der Waals surface area contributed by atoms with E-state index in [0.29, 0.717) is 0 Å². The van der Waals surface area contributed by atoms with Crippen LogP contribution in [0.3, 0.4) is 0 Å². The van der Waals surface area contributed by atoms with Gasteiger partial charge in [-0.05, 0) is 30.2 Å². The van der Waals surface area contributed by atoms with Crippen molar-refractivity contribution >= 4 is 0 Å². The van der Waals surface area contributed by atoms with Crippen molar-refractivity contribution in [2.24, 2.45) is 5.73 Å². The number of pyridine rings is 2. The van der Waals surface area contributed by atoms with Gasteiger partial charge in [0.25, 0.3) is 0 Å². The highest BCUT2D eigenvalue weighted by Crippen LogP contribution is 2.13. The molecule has 0 radical (unpaired) electrons. The van der Waals surface area contributed by atoms with Crippen LogP contribution >= 0.6 is 0 Å². The maximum Gasteiger partial charge on any atom is 0.0422 e. The van der Waals surface area contributed by atoms with Crippen molar-refractivity contribution in [2.75, 3.05) is 0 Å². The maximum absolute atomic E-state index is 6.09. The highest BCUT2D eigenvalue weighted by molar-refractivity contribution is 5.18. The van der Waals surface area contributed by atoms with Crippen molar-refractivity contribution in [2.45, 2.75) is 19.4 Å². The fourth-order valence-electron chi connectivity index (χ4n) is 1.56. The summed E-state index contributed by atoms with van der Waals surface area (Å²) in [5, 5.41) is 0.